The summed E-state index contributed by atoms with van der Waals surface area (Å²) in [7, 11) is 0. The van der Waals surface area contributed by atoms with Crippen molar-refractivity contribution in [3.05, 3.63) is 42.2 Å². The Morgan fingerprint density at radius 2 is 1.94 bits per heavy atom. The van der Waals surface area contributed by atoms with Crippen molar-refractivity contribution in [3.63, 3.8) is 0 Å². The van der Waals surface area contributed by atoms with Crippen LogP contribution < -0.4 is 0 Å². The van der Waals surface area contributed by atoms with Crippen molar-refractivity contribution in [2.75, 3.05) is 0 Å². The molecule has 0 bridgehead atoms. The summed E-state index contributed by atoms with van der Waals surface area (Å²) >= 11 is 0. The van der Waals surface area contributed by atoms with Gasteiger partial charge in [0.2, 0.25) is 0 Å². The second kappa shape index (κ2) is 4.21. The zero-order chi connectivity index (χ0) is 12.5. The summed E-state index contributed by atoms with van der Waals surface area (Å²) in [6.07, 6.45) is 3.31. The fourth-order valence-electron chi connectivity index (χ4n) is 1.49. The van der Waals surface area contributed by atoms with Gasteiger partial charge in [0.25, 0.3) is 0 Å². The summed E-state index contributed by atoms with van der Waals surface area (Å²) < 4.78 is 5.59. The molecular formula is C15H16O2. The lowest BCUT2D eigenvalue weighted by Gasteiger charge is -2.12. The molecule has 0 radical (unpaired) electrons. The molecule has 2 rings (SSSR count). The molecule has 2 nitrogen and oxygen atoms in total. The molecule has 2 aromatic rings. The molecule has 0 aliphatic heterocycles. The zero-order valence-corrected chi connectivity index (χ0v) is 10.4. The SMILES string of the molecule is CC(C)(C)C(=O)/C=C/c1cc2ccccc2o1. The second-order valence-corrected chi connectivity index (χ2v) is 5.13. The average molecular weight is 228 g/mol. The van der Waals surface area contributed by atoms with Crippen LogP contribution in [-0.2, 0) is 4.79 Å². The Morgan fingerprint density at radius 1 is 1.24 bits per heavy atom. The smallest absolute Gasteiger partial charge is 0.161 e. The standard InChI is InChI=1S/C15H16O2/c1-15(2,3)14(16)9-8-12-10-11-6-4-5-7-13(11)17-12/h4-10H,1-3H3/b9-8+. The minimum atomic E-state index is -0.345. The zero-order valence-electron chi connectivity index (χ0n) is 10.4. The van der Waals surface area contributed by atoms with E-state index in [1.807, 2.05) is 51.1 Å². The van der Waals surface area contributed by atoms with Gasteiger partial charge in [-0.05, 0) is 24.3 Å². The van der Waals surface area contributed by atoms with E-state index in [4.69, 9.17) is 4.42 Å². The van der Waals surface area contributed by atoms with E-state index in [0.717, 1.165) is 11.0 Å². The lowest BCUT2D eigenvalue weighted by molar-refractivity contribution is -0.121. The topological polar surface area (TPSA) is 30.2 Å². The second-order valence-electron chi connectivity index (χ2n) is 5.13. The van der Waals surface area contributed by atoms with E-state index < -0.39 is 0 Å². The highest BCUT2D eigenvalue weighted by Crippen LogP contribution is 2.21. The van der Waals surface area contributed by atoms with E-state index >= 15 is 0 Å². The first-order valence-electron chi connectivity index (χ1n) is 5.68. The van der Waals surface area contributed by atoms with Crippen LogP contribution in [-0.4, -0.2) is 5.78 Å². The largest absolute Gasteiger partial charge is 0.457 e. The van der Waals surface area contributed by atoms with Gasteiger partial charge in [0.15, 0.2) is 5.78 Å². The predicted molar refractivity (Wildman–Crippen MR) is 69.7 cm³/mol. The first-order valence-corrected chi connectivity index (χ1v) is 5.68. The van der Waals surface area contributed by atoms with E-state index in [2.05, 4.69) is 0 Å². The molecule has 0 fully saturated rings. The van der Waals surface area contributed by atoms with Crippen molar-refractivity contribution in [3.8, 4) is 0 Å². The summed E-state index contributed by atoms with van der Waals surface area (Å²) in [4.78, 5) is 11.7. The van der Waals surface area contributed by atoms with Gasteiger partial charge < -0.3 is 4.42 Å². The van der Waals surface area contributed by atoms with Crippen molar-refractivity contribution in [1.29, 1.82) is 0 Å². The Labute approximate surface area is 101 Å². The fourth-order valence-corrected chi connectivity index (χ4v) is 1.49. The monoisotopic (exact) mass is 228 g/mol. The van der Waals surface area contributed by atoms with Gasteiger partial charge >= 0.3 is 0 Å². The van der Waals surface area contributed by atoms with E-state index in [1.165, 1.54) is 0 Å². The molecule has 0 aliphatic carbocycles. The number of allylic oxidation sites excluding steroid dienone is 1. The molecule has 0 unspecified atom stereocenters. The average Bonchev–Trinajstić information content (AvgIpc) is 2.66. The Balaban J connectivity index is 2.24. The fraction of sp³-hybridized carbons (Fsp3) is 0.267. The number of furan rings is 1. The first kappa shape index (κ1) is 11.6. The van der Waals surface area contributed by atoms with Gasteiger partial charge in [-0.3, -0.25) is 4.79 Å². The van der Waals surface area contributed by atoms with Crippen molar-refractivity contribution in [2.24, 2.45) is 5.41 Å². The van der Waals surface area contributed by atoms with Gasteiger partial charge in [-0.25, -0.2) is 0 Å². The van der Waals surface area contributed by atoms with Crippen LogP contribution >= 0.6 is 0 Å². The maximum absolute atomic E-state index is 11.7. The summed E-state index contributed by atoms with van der Waals surface area (Å²) in [5, 5.41) is 1.05. The van der Waals surface area contributed by atoms with Crippen LogP contribution in [0.1, 0.15) is 26.5 Å². The lowest BCUT2D eigenvalue weighted by atomic mass is 9.90. The molecule has 1 aromatic heterocycles. The van der Waals surface area contributed by atoms with Crippen LogP contribution in [0.2, 0.25) is 0 Å². The van der Waals surface area contributed by atoms with Crippen LogP contribution in [0.15, 0.2) is 40.8 Å². The number of carbonyl (C=O) groups excluding carboxylic acids is 1. The van der Waals surface area contributed by atoms with Crippen molar-refractivity contribution < 1.29 is 9.21 Å². The maximum atomic E-state index is 11.7. The molecule has 17 heavy (non-hydrogen) atoms. The van der Waals surface area contributed by atoms with Crippen molar-refractivity contribution >= 4 is 22.8 Å². The van der Waals surface area contributed by atoms with E-state index in [9.17, 15) is 4.79 Å². The number of carbonyl (C=O) groups is 1. The number of benzene rings is 1. The summed E-state index contributed by atoms with van der Waals surface area (Å²) in [5.41, 5.74) is 0.498. The maximum Gasteiger partial charge on any atom is 0.161 e. The highest BCUT2D eigenvalue weighted by atomic mass is 16.3. The van der Waals surface area contributed by atoms with Crippen LogP contribution in [0.25, 0.3) is 17.0 Å². The lowest BCUT2D eigenvalue weighted by Crippen LogP contribution is -2.17. The predicted octanol–water partition coefficient (Wildman–Crippen LogP) is 4.06. The molecule has 1 aromatic carbocycles. The van der Waals surface area contributed by atoms with Gasteiger partial charge in [-0.1, -0.05) is 39.0 Å². The summed E-state index contributed by atoms with van der Waals surface area (Å²) in [6, 6.07) is 9.73. The van der Waals surface area contributed by atoms with Crippen LogP contribution in [0.3, 0.4) is 0 Å². The highest BCUT2D eigenvalue weighted by Gasteiger charge is 2.18. The van der Waals surface area contributed by atoms with E-state index in [0.29, 0.717) is 5.76 Å². The molecule has 88 valence electrons. The highest BCUT2D eigenvalue weighted by molar-refractivity contribution is 5.97. The van der Waals surface area contributed by atoms with E-state index in [-0.39, 0.29) is 11.2 Å². The third kappa shape index (κ3) is 2.64. The molecule has 0 spiro atoms. The molecule has 0 N–H and O–H groups in total. The van der Waals surface area contributed by atoms with E-state index in [1.54, 1.807) is 12.2 Å². The van der Waals surface area contributed by atoms with Crippen LogP contribution in [0.5, 0.6) is 0 Å². The third-order valence-electron chi connectivity index (χ3n) is 2.58. The first-order chi connectivity index (χ1) is 7.97. The molecule has 0 aliphatic rings. The summed E-state index contributed by atoms with van der Waals surface area (Å²) in [5.74, 6) is 0.807. The normalized spacial score (nSPS) is 12.4. The van der Waals surface area contributed by atoms with Gasteiger partial charge in [0.05, 0.1) is 0 Å². The van der Waals surface area contributed by atoms with Crippen molar-refractivity contribution in [1.82, 2.24) is 0 Å². The number of rotatable bonds is 2. The quantitative estimate of drug-likeness (QED) is 0.725. The number of ketones is 1. The number of hydrogen-bond acceptors (Lipinski definition) is 2. The third-order valence-corrected chi connectivity index (χ3v) is 2.58. The molecule has 1 heterocycles. The minimum absolute atomic E-state index is 0.0953. The molecule has 0 atom stereocenters. The van der Waals surface area contributed by atoms with Crippen molar-refractivity contribution in [2.45, 2.75) is 20.8 Å². The molecule has 2 heteroatoms. The molecular weight excluding hydrogens is 212 g/mol. The van der Waals surface area contributed by atoms with Crippen LogP contribution in [0, 0.1) is 5.41 Å². The van der Waals surface area contributed by atoms with Gasteiger partial charge in [0.1, 0.15) is 11.3 Å². The Morgan fingerprint density at radius 3 is 2.59 bits per heavy atom. The van der Waals surface area contributed by atoms with Gasteiger partial charge in [-0.15, -0.1) is 0 Å². The van der Waals surface area contributed by atoms with Crippen LogP contribution in [0.4, 0.5) is 0 Å². The molecule has 0 amide bonds. The number of hydrogen-bond donors (Lipinski definition) is 0. The number of para-hydroxylation sites is 1. The molecule has 0 saturated heterocycles. The summed E-state index contributed by atoms with van der Waals surface area (Å²) in [6.45, 7) is 5.70. The minimum Gasteiger partial charge on any atom is -0.457 e. The number of fused-ring (bicyclic) bond motifs is 1. The molecule has 0 saturated carbocycles. The van der Waals surface area contributed by atoms with Gasteiger partial charge in [-0.2, -0.15) is 0 Å². The Kier molecular flexibility index (Phi) is 2.88. The Bertz CT molecular complexity index is 535. The van der Waals surface area contributed by atoms with Gasteiger partial charge in [0, 0.05) is 10.8 Å². The Hall–Kier alpha value is -1.83.